The van der Waals surface area contributed by atoms with E-state index in [1.54, 1.807) is 12.1 Å². The van der Waals surface area contributed by atoms with Gasteiger partial charge in [0, 0.05) is 23.7 Å². The first-order valence-electron chi connectivity index (χ1n) is 8.74. The van der Waals surface area contributed by atoms with E-state index in [1.807, 2.05) is 54.7 Å². The van der Waals surface area contributed by atoms with Crippen molar-refractivity contribution in [1.29, 1.82) is 0 Å². The van der Waals surface area contributed by atoms with Crippen molar-refractivity contribution in [2.24, 2.45) is 5.73 Å². The third-order valence-electron chi connectivity index (χ3n) is 4.60. The maximum atomic E-state index is 12.4. The molecule has 0 aliphatic heterocycles. The number of nitrogens with two attached hydrogens (primary N) is 1. The third kappa shape index (κ3) is 3.65. The third-order valence-corrected chi connectivity index (χ3v) is 4.85. The highest BCUT2D eigenvalue weighted by atomic mass is 35.5. The van der Waals surface area contributed by atoms with Crippen molar-refractivity contribution >= 4 is 34.1 Å². The number of nitrogens with one attached hydrogen (secondary N) is 1. The molecule has 6 heteroatoms. The first kappa shape index (κ1) is 17.5. The monoisotopic (exact) mass is 378 g/mol. The van der Waals surface area contributed by atoms with E-state index in [9.17, 15) is 4.79 Å². The Bertz CT molecular complexity index is 1100. The van der Waals surface area contributed by atoms with Gasteiger partial charge in [0.2, 0.25) is 5.91 Å². The zero-order valence-corrected chi connectivity index (χ0v) is 15.4. The summed E-state index contributed by atoms with van der Waals surface area (Å²) in [4.78, 5) is 17.1. The lowest BCUT2D eigenvalue weighted by Gasteiger charge is -2.13. The van der Waals surface area contributed by atoms with Crippen LogP contribution in [0.1, 0.15) is 23.7 Å². The van der Waals surface area contributed by atoms with E-state index in [-0.39, 0.29) is 18.4 Å². The van der Waals surface area contributed by atoms with E-state index >= 15 is 0 Å². The van der Waals surface area contributed by atoms with Gasteiger partial charge in [-0.2, -0.15) is 0 Å². The molecular weight excluding hydrogens is 360 g/mol. The largest absolute Gasteiger partial charge is 0.350 e. The van der Waals surface area contributed by atoms with Crippen molar-refractivity contribution in [3.8, 4) is 0 Å². The number of carbonyl (C=O) groups is 1. The van der Waals surface area contributed by atoms with E-state index in [4.69, 9.17) is 22.3 Å². The molecule has 27 heavy (non-hydrogen) atoms. The summed E-state index contributed by atoms with van der Waals surface area (Å²) in [6.07, 6.45) is 2.20. The Labute approximate surface area is 161 Å². The summed E-state index contributed by atoms with van der Waals surface area (Å²) in [5.74, 6) is -0.114. The van der Waals surface area contributed by atoms with Gasteiger partial charge >= 0.3 is 0 Å². The number of halogens is 1. The molecule has 0 spiro atoms. The number of carbonyl (C=O) groups excluding carboxylic acids is 1. The van der Waals surface area contributed by atoms with Crippen LogP contribution in [-0.4, -0.2) is 15.3 Å². The van der Waals surface area contributed by atoms with E-state index in [2.05, 4.69) is 9.72 Å². The first-order chi connectivity index (χ1) is 13.1. The fourth-order valence-electron chi connectivity index (χ4n) is 3.20. The summed E-state index contributed by atoms with van der Waals surface area (Å²) < 4.78 is 2.09. The highest BCUT2D eigenvalue weighted by molar-refractivity contribution is 6.30. The van der Waals surface area contributed by atoms with Crippen LogP contribution in [0.25, 0.3) is 16.6 Å². The Balaban J connectivity index is 1.48. The molecule has 0 fully saturated rings. The second-order valence-electron chi connectivity index (χ2n) is 6.45. The van der Waals surface area contributed by atoms with E-state index in [1.165, 1.54) is 0 Å². The molecule has 2 aromatic heterocycles. The number of fused-ring (bicyclic) bond motifs is 3. The zero-order valence-electron chi connectivity index (χ0n) is 14.6. The molecular formula is C21H19ClN4O. The molecule has 2 aromatic carbocycles. The average Bonchev–Trinajstić information content (AvgIpc) is 3.17. The lowest BCUT2D eigenvalue weighted by atomic mass is 10.0. The van der Waals surface area contributed by atoms with Crippen LogP contribution in [0, 0.1) is 0 Å². The van der Waals surface area contributed by atoms with Gasteiger partial charge in [0.1, 0.15) is 0 Å². The number of rotatable bonds is 5. The van der Waals surface area contributed by atoms with E-state index < -0.39 is 0 Å². The molecule has 0 saturated heterocycles. The minimum atomic E-state index is -0.375. The van der Waals surface area contributed by atoms with Gasteiger partial charge in [-0.05, 0) is 42.0 Å². The predicted octanol–water partition coefficient (Wildman–Crippen LogP) is 3.85. The fourth-order valence-corrected chi connectivity index (χ4v) is 3.33. The van der Waals surface area contributed by atoms with Gasteiger partial charge < -0.3 is 15.5 Å². The molecule has 5 nitrogen and oxygen atoms in total. The van der Waals surface area contributed by atoms with Crippen LogP contribution >= 0.6 is 11.6 Å². The molecule has 0 bridgehead atoms. The number of hydrogen-bond acceptors (Lipinski definition) is 3. The Morgan fingerprint density at radius 1 is 1.07 bits per heavy atom. The standard InChI is InChI=1S/C21H19ClN4O/c22-15-9-7-14(8-10-15)16(23)12-21(27)24-13-18-20-6-3-11-26(20)19-5-2-1-4-17(19)25-18/h1-11,16H,12-13,23H2,(H,24,27). The van der Waals surface area contributed by atoms with Crippen molar-refractivity contribution in [3.05, 3.63) is 83.1 Å². The Hall–Kier alpha value is -2.89. The van der Waals surface area contributed by atoms with E-state index in [0.29, 0.717) is 11.6 Å². The molecule has 2 heterocycles. The molecule has 4 rings (SSSR count). The smallest absolute Gasteiger partial charge is 0.222 e. The number of aromatic nitrogens is 2. The van der Waals surface area contributed by atoms with Crippen LogP contribution in [0.4, 0.5) is 0 Å². The van der Waals surface area contributed by atoms with Crippen molar-refractivity contribution in [1.82, 2.24) is 14.7 Å². The SMILES string of the molecule is NC(CC(=O)NCc1nc2ccccc2n2cccc12)c1ccc(Cl)cc1. The molecule has 0 saturated carbocycles. The second kappa shape index (κ2) is 7.39. The Morgan fingerprint density at radius 3 is 2.63 bits per heavy atom. The lowest BCUT2D eigenvalue weighted by molar-refractivity contribution is -0.121. The number of benzene rings is 2. The Morgan fingerprint density at radius 2 is 1.81 bits per heavy atom. The molecule has 1 atom stereocenters. The van der Waals surface area contributed by atoms with Crippen LogP contribution in [0.3, 0.4) is 0 Å². The highest BCUT2D eigenvalue weighted by Crippen LogP contribution is 2.20. The molecule has 0 aliphatic carbocycles. The minimum Gasteiger partial charge on any atom is -0.350 e. The van der Waals surface area contributed by atoms with Gasteiger partial charge in [0.05, 0.1) is 28.8 Å². The fraction of sp³-hybridized carbons (Fsp3) is 0.143. The zero-order chi connectivity index (χ0) is 18.8. The normalized spacial score (nSPS) is 12.4. The second-order valence-corrected chi connectivity index (χ2v) is 6.89. The number of para-hydroxylation sites is 2. The molecule has 3 N–H and O–H groups in total. The Kier molecular flexibility index (Phi) is 4.79. The molecule has 4 aromatic rings. The first-order valence-corrected chi connectivity index (χ1v) is 9.12. The number of hydrogen-bond donors (Lipinski definition) is 2. The molecule has 0 radical (unpaired) electrons. The predicted molar refractivity (Wildman–Crippen MR) is 108 cm³/mol. The summed E-state index contributed by atoms with van der Waals surface area (Å²) in [6.45, 7) is 0.352. The van der Waals surface area contributed by atoms with Crippen LogP contribution < -0.4 is 11.1 Å². The van der Waals surface area contributed by atoms with Gasteiger partial charge in [-0.3, -0.25) is 4.79 Å². The summed E-state index contributed by atoms with van der Waals surface area (Å²) in [7, 11) is 0. The maximum Gasteiger partial charge on any atom is 0.222 e. The molecule has 136 valence electrons. The summed E-state index contributed by atoms with van der Waals surface area (Å²) in [5.41, 5.74) is 10.8. The summed E-state index contributed by atoms with van der Waals surface area (Å²) >= 11 is 5.89. The van der Waals surface area contributed by atoms with Crippen LogP contribution in [0.15, 0.2) is 66.9 Å². The maximum absolute atomic E-state index is 12.4. The quantitative estimate of drug-likeness (QED) is 0.554. The minimum absolute atomic E-state index is 0.114. The van der Waals surface area contributed by atoms with Crippen molar-refractivity contribution < 1.29 is 4.79 Å². The van der Waals surface area contributed by atoms with Gasteiger partial charge in [-0.1, -0.05) is 35.9 Å². The van der Waals surface area contributed by atoms with Gasteiger partial charge in [-0.25, -0.2) is 4.98 Å². The number of amides is 1. The molecule has 1 unspecified atom stereocenters. The van der Waals surface area contributed by atoms with Gasteiger partial charge in [0.15, 0.2) is 0 Å². The van der Waals surface area contributed by atoms with Crippen molar-refractivity contribution in [3.63, 3.8) is 0 Å². The molecule has 1 amide bonds. The number of nitrogens with zero attached hydrogens (tertiary/aromatic N) is 2. The van der Waals surface area contributed by atoms with Crippen LogP contribution in [-0.2, 0) is 11.3 Å². The summed E-state index contributed by atoms with van der Waals surface area (Å²) in [5, 5.41) is 3.58. The lowest BCUT2D eigenvalue weighted by Crippen LogP contribution is -2.27. The summed E-state index contributed by atoms with van der Waals surface area (Å²) in [6, 6.07) is 18.8. The van der Waals surface area contributed by atoms with Gasteiger partial charge in [-0.15, -0.1) is 0 Å². The van der Waals surface area contributed by atoms with Crippen molar-refractivity contribution in [2.45, 2.75) is 19.0 Å². The highest BCUT2D eigenvalue weighted by Gasteiger charge is 2.13. The van der Waals surface area contributed by atoms with Crippen LogP contribution in [0.5, 0.6) is 0 Å². The average molecular weight is 379 g/mol. The van der Waals surface area contributed by atoms with E-state index in [0.717, 1.165) is 27.8 Å². The van der Waals surface area contributed by atoms with Gasteiger partial charge in [0.25, 0.3) is 0 Å². The topological polar surface area (TPSA) is 72.4 Å². The molecule has 0 aliphatic rings. The van der Waals surface area contributed by atoms with Crippen molar-refractivity contribution in [2.75, 3.05) is 0 Å². The van der Waals surface area contributed by atoms with Crippen LogP contribution in [0.2, 0.25) is 5.02 Å².